The first kappa shape index (κ1) is 11.3. The van der Waals surface area contributed by atoms with Crippen molar-refractivity contribution in [2.45, 2.75) is 19.8 Å². The quantitative estimate of drug-likeness (QED) is 0.571. The molecule has 9 heavy (non-hydrogen) atoms. The number of methoxy groups -OCH3 is 1. The predicted octanol–water partition coefficient (Wildman–Crippen LogP) is 0.534. The van der Waals surface area contributed by atoms with Gasteiger partial charge in [-0.25, -0.2) is 0 Å². The van der Waals surface area contributed by atoms with E-state index in [1.54, 1.807) is 0 Å². The Balaban J connectivity index is 0. The van der Waals surface area contributed by atoms with Gasteiger partial charge in [-0.2, -0.15) is 0 Å². The molecule has 0 aromatic rings. The second-order valence-corrected chi connectivity index (χ2v) is 1.47. The third kappa shape index (κ3) is 37.1. The highest BCUT2D eigenvalue weighted by molar-refractivity contribution is 5.36. The number of carbonyl (C=O) groups excluding carboxylic acids is 1. The van der Waals surface area contributed by atoms with E-state index in [1.807, 2.05) is 0 Å². The molecule has 0 aliphatic carbocycles. The maximum absolute atomic E-state index is 8.95. The van der Waals surface area contributed by atoms with E-state index in [-0.39, 0.29) is 0 Å². The van der Waals surface area contributed by atoms with Gasteiger partial charge in [0.2, 0.25) is 0 Å². The Labute approximate surface area is 56.2 Å². The first-order valence-electron chi connectivity index (χ1n) is 3.00. The fraction of sp³-hybridized carbons (Fsp3) is 0.833. The van der Waals surface area contributed by atoms with Gasteiger partial charge >= 0.3 is 0 Å². The van der Waals surface area contributed by atoms with Gasteiger partial charge in [-0.05, 0) is 13.0 Å². The van der Waals surface area contributed by atoms with Gasteiger partial charge in [0.15, 0.2) is 0 Å². The smallest absolute Gasteiger partial charge is 0.292 e. The number of ether oxygens (including phenoxy) is 1. The highest BCUT2D eigenvalue weighted by Gasteiger charge is 1.67. The Morgan fingerprint density at radius 2 is 2.11 bits per heavy atom. The van der Waals surface area contributed by atoms with E-state index in [2.05, 4.69) is 11.7 Å². The van der Waals surface area contributed by atoms with E-state index in [4.69, 9.17) is 10.5 Å². The molecule has 3 nitrogen and oxygen atoms in total. The van der Waals surface area contributed by atoms with Crippen molar-refractivity contribution in [1.82, 2.24) is 0 Å². The molecule has 0 fully saturated rings. The van der Waals surface area contributed by atoms with Crippen LogP contribution in [0.4, 0.5) is 0 Å². The molecule has 0 radical (unpaired) electrons. The summed E-state index contributed by atoms with van der Waals surface area (Å²) >= 11 is 0. The normalized spacial score (nSPS) is 7.00. The van der Waals surface area contributed by atoms with Crippen LogP contribution in [0, 0.1) is 0 Å². The number of carbonyl (C=O) groups is 1. The number of unbranched alkanes of at least 4 members (excludes halogenated alkanes) is 1. The van der Waals surface area contributed by atoms with Gasteiger partial charge in [-0.15, -0.1) is 0 Å². The SMILES string of the molecule is CCCCN.COC=O. The van der Waals surface area contributed by atoms with Crippen molar-refractivity contribution in [3.8, 4) is 0 Å². The van der Waals surface area contributed by atoms with Gasteiger partial charge in [0.1, 0.15) is 0 Å². The van der Waals surface area contributed by atoms with E-state index in [1.165, 1.54) is 20.0 Å². The first-order chi connectivity index (χ1) is 4.33. The summed E-state index contributed by atoms with van der Waals surface area (Å²) in [5, 5.41) is 0. The monoisotopic (exact) mass is 133 g/mol. The van der Waals surface area contributed by atoms with E-state index >= 15 is 0 Å². The maximum Gasteiger partial charge on any atom is 0.292 e. The molecular formula is C6H15NO2. The highest BCUT2D eigenvalue weighted by atomic mass is 16.5. The van der Waals surface area contributed by atoms with Crippen molar-refractivity contribution >= 4 is 6.47 Å². The molecule has 0 aliphatic rings. The first-order valence-corrected chi connectivity index (χ1v) is 3.00. The molecule has 0 bridgehead atoms. The van der Waals surface area contributed by atoms with Crippen LogP contribution >= 0.6 is 0 Å². The zero-order valence-corrected chi connectivity index (χ0v) is 6.09. The standard InChI is InChI=1S/C4H11N.C2H4O2/c1-2-3-4-5;1-4-2-3/h2-5H2,1H3;2H,1H3. The molecule has 0 aromatic heterocycles. The molecule has 0 heterocycles. The van der Waals surface area contributed by atoms with Crippen molar-refractivity contribution in [2.24, 2.45) is 5.73 Å². The van der Waals surface area contributed by atoms with Gasteiger partial charge < -0.3 is 10.5 Å². The van der Waals surface area contributed by atoms with Crippen molar-refractivity contribution in [2.75, 3.05) is 13.7 Å². The molecule has 56 valence electrons. The molecule has 0 amide bonds. The average Bonchev–Trinajstić information content (AvgIpc) is 1.91. The minimum Gasteiger partial charge on any atom is -0.471 e. The van der Waals surface area contributed by atoms with Crippen LogP contribution < -0.4 is 5.73 Å². The minimum absolute atomic E-state index is 0.375. The van der Waals surface area contributed by atoms with E-state index in [0.29, 0.717) is 6.47 Å². The summed E-state index contributed by atoms with van der Waals surface area (Å²) in [5.41, 5.74) is 5.14. The molecule has 3 heteroatoms. The van der Waals surface area contributed by atoms with Crippen molar-refractivity contribution < 1.29 is 9.53 Å². The molecule has 0 saturated heterocycles. The predicted molar refractivity (Wildman–Crippen MR) is 37.0 cm³/mol. The fourth-order valence-electron chi connectivity index (χ4n) is 0.204. The zero-order valence-electron chi connectivity index (χ0n) is 6.09. The molecule has 0 unspecified atom stereocenters. The van der Waals surface area contributed by atoms with Crippen LogP contribution in [0.2, 0.25) is 0 Å². The Kier molecular flexibility index (Phi) is 19.6. The summed E-state index contributed by atoms with van der Waals surface area (Å²) in [6, 6.07) is 0. The molecular weight excluding hydrogens is 118 g/mol. The van der Waals surface area contributed by atoms with E-state index < -0.39 is 0 Å². The molecule has 0 spiro atoms. The van der Waals surface area contributed by atoms with Gasteiger partial charge in [-0.1, -0.05) is 13.3 Å². The lowest BCUT2D eigenvalue weighted by atomic mass is 10.3. The van der Waals surface area contributed by atoms with Crippen LogP contribution in [0.5, 0.6) is 0 Å². The summed E-state index contributed by atoms with van der Waals surface area (Å²) in [6.45, 7) is 3.35. The summed E-state index contributed by atoms with van der Waals surface area (Å²) in [4.78, 5) is 8.95. The maximum atomic E-state index is 8.95. The van der Waals surface area contributed by atoms with Gasteiger partial charge in [-0.3, -0.25) is 4.79 Å². The van der Waals surface area contributed by atoms with Gasteiger partial charge in [0.25, 0.3) is 6.47 Å². The summed E-state index contributed by atoms with van der Waals surface area (Å²) in [7, 11) is 1.31. The summed E-state index contributed by atoms with van der Waals surface area (Å²) < 4.78 is 3.86. The van der Waals surface area contributed by atoms with Crippen molar-refractivity contribution in [3.63, 3.8) is 0 Å². The van der Waals surface area contributed by atoms with Crippen LogP contribution in [-0.4, -0.2) is 20.1 Å². The van der Waals surface area contributed by atoms with Gasteiger partial charge in [0, 0.05) is 0 Å². The van der Waals surface area contributed by atoms with Crippen LogP contribution in [0.1, 0.15) is 19.8 Å². The van der Waals surface area contributed by atoms with Gasteiger partial charge in [0.05, 0.1) is 7.11 Å². The summed E-state index contributed by atoms with van der Waals surface area (Å²) in [6.07, 6.45) is 2.39. The van der Waals surface area contributed by atoms with E-state index in [0.717, 1.165) is 6.54 Å². The lowest BCUT2D eigenvalue weighted by Gasteiger charge is -1.80. The molecule has 0 aromatic carbocycles. The Hall–Kier alpha value is -0.570. The average molecular weight is 133 g/mol. The summed E-state index contributed by atoms with van der Waals surface area (Å²) in [5.74, 6) is 0. The van der Waals surface area contributed by atoms with Crippen molar-refractivity contribution in [3.05, 3.63) is 0 Å². The molecule has 0 aliphatic heterocycles. The number of nitrogens with two attached hydrogens (primary N) is 1. The third-order valence-electron chi connectivity index (χ3n) is 0.654. The third-order valence-corrected chi connectivity index (χ3v) is 0.654. The Bertz CT molecular complexity index is 46.3. The topological polar surface area (TPSA) is 52.3 Å². The van der Waals surface area contributed by atoms with E-state index in [9.17, 15) is 0 Å². The van der Waals surface area contributed by atoms with Crippen LogP contribution in [0.25, 0.3) is 0 Å². The molecule has 2 N–H and O–H groups in total. The van der Waals surface area contributed by atoms with Crippen LogP contribution in [-0.2, 0) is 9.53 Å². The Morgan fingerprint density at radius 3 is 2.11 bits per heavy atom. The second kappa shape index (κ2) is 15.7. The van der Waals surface area contributed by atoms with Crippen LogP contribution in [0.15, 0.2) is 0 Å². The number of rotatable bonds is 3. The van der Waals surface area contributed by atoms with Crippen molar-refractivity contribution in [1.29, 1.82) is 0 Å². The lowest BCUT2D eigenvalue weighted by molar-refractivity contribution is -0.126. The fourth-order valence-corrected chi connectivity index (χ4v) is 0.204. The molecule has 0 rings (SSSR count). The second-order valence-electron chi connectivity index (χ2n) is 1.47. The minimum atomic E-state index is 0.375. The lowest BCUT2D eigenvalue weighted by Crippen LogP contribution is -1.95. The highest BCUT2D eigenvalue weighted by Crippen LogP contribution is 1.77. The zero-order chi connectivity index (χ0) is 7.54. The molecule has 0 saturated carbocycles. The number of hydrogen-bond acceptors (Lipinski definition) is 3. The number of hydrogen-bond donors (Lipinski definition) is 1. The molecule has 0 atom stereocenters. The Morgan fingerprint density at radius 1 is 1.67 bits per heavy atom. The van der Waals surface area contributed by atoms with Crippen LogP contribution in [0.3, 0.4) is 0 Å². The largest absolute Gasteiger partial charge is 0.471 e.